The van der Waals surface area contributed by atoms with E-state index in [1.165, 1.54) is 22.0 Å². The molecule has 0 aliphatic rings. The van der Waals surface area contributed by atoms with Crippen LogP contribution in [0.2, 0.25) is 0 Å². The fourth-order valence-corrected chi connectivity index (χ4v) is 2.86. The van der Waals surface area contributed by atoms with Crippen LogP contribution >= 0.6 is 0 Å². The van der Waals surface area contributed by atoms with E-state index in [1.807, 2.05) is 0 Å². The molecule has 0 atom stereocenters. The van der Waals surface area contributed by atoms with Gasteiger partial charge in [-0.15, -0.1) is 0 Å². The molecule has 21 heavy (non-hydrogen) atoms. The second-order valence-corrected chi connectivity index (χ2v) is 5.47. The average molecular weight is 279 g/mol. The SMILES string of the molecule is OCCCCc1cn(Cc2ccccc2)c2ccccc12. The van der Waals surface area contributed by atoms with Gasteiger partial charge in [0.15, 0.2) is 0 Å². The van der Waals surface area contributed by atoms with Gasteiger partial charge >= 0.3 is 0 Å². The third-order valence-electron chi connectivity index (χ3n) is 3.92. The first-order chi connectivity index (χ1) is 10.4. The maximum Gasteiger partial charge on any atom is 0.0486 e. The number of hydrogen-bond acceptors (Lipinski definition) is 1. The molecule has 1 N–H and O–H groups in total. The van der Waals surface area contributed by atoms with Crippen LogP contribution in [0.1, 0.15) is 24.0 Å². The number of fused-ring (bicyclic) bond motifs is 1. The van der Waals surface area contributed by atoms with Gasteiger partial charge in [0.2, 0.25) is 0 Å². The van der Waals surface area contributed by atoms with Crippen molar-refractivity contribution in [3.63, 3.8) is 0 Å². The van der Waals surface area contributed by atoms with Gasteiger partial charge in [-0.3, -0.25) is 0 Å². The number of hydrogen-bond donors (Lipinski definition) is 1. The van der Waals surface area contributed by atoms with Crippen LogP contribution in [0.5, 0.6) is 0 Å². The maximum atomic E-state index is 8.95. The minimum atomic E-state index is 0.280. The summed E-state index contributed by atoms with van der Waals surface area (Å²) in [6, 6.07) is 19.1. The van der Waals surface area contributed by atoms with Crippen molar-refractivity contribution >= 4 is 10.9 Å². The highest BCUT2D eigenvalue weighted by Gasteiger charge is 2.08. The molecule has 1 heterocycles. The zero-order valence-electron chi connectivity index (χ0n) is 12.2. The summed E-state index contributed by atoms with van der Waals surface area (Å²) < 4.78 is 2.33. The van der Waals surface area contributed by atoms with Crippen LogP contribution in [0.15, 0.2) is 60.8 Å². The fourth-order valence-electron chi connectivity index (χ4n) is 2.86. The highest BCUT2D eigenvalue weighted by atomic mass is 16.2. The summed E-state index contributed by atoms with van der Waals surface area (Å²) >= 11 is 0. The van der Waals surface area contributed by atoms with Gasteiger partial charge in [-0.2, -0.15) is 0 Å². The van der Waals surface area contributed by atoms with E-state index in [0.717, 1.165) is 25.8 Å². The molecule has 2 nitrogen and oxygen atoms in total. The highest BCUT2D eigenvalue weighted by Crippen LogP contribution is 2.23. The van der Waals surface area contributed by atoms with Gasteiger partial charge in [0, 0.05) is 30.3 Å². The van der Waals surface area contributed by atoms with E-state index >= 15 is 0 Å². The van der Waals surface area contributed by atoms with Crippen molar-refractivity contribution in [3.05, 3.63) is 71.9 Å². The van der Waals surface area contributed by atoms with E-state index in [2.05, 4.69) is 65.4 Å². The number of aliphatic hydroxyl groups is 1. The molecule has 3 rings (SSSR count). The summed E-state index contributed by atoms with van der Waals surface area (Å²) in [4.78, 5) is 0. The van der Waals surface area contributed by atoms with Crippen molar-refractivity contribution in [2.45, 2.75) is 25.8 Å². The zero-order chi connectivity index (χ0) is 14.5. The lowest BCUT2D eigenvalue weighted by atomic mass is 10.1. The lowest BCUT2D eigenvalue weighted by Crippen LogP contribution is -1.97. The van der Waals surface area contributed by atoms with Gasteiger partial charge in [-0.05, 0) is 36.5 Å². The standard InChI is InChI=1S/C19H21NO/c21-13-7-6-10-17-15-20(14-16-8-2-1-3-9-16)19-12-5-4-11-18(17)19/h1-5,8-9,11-12,15,21H,6-7,10,13-14H2. The Bertz CT molecular complexity index is 700. The monoisotopic (exact) mass is 279 g/mol. The molecule has 2 aromatic carbocycles. The minimum Gasteiger partial charge on any atom is -0.396 e. The molecular weight excluding hydrogens is 258 g/mol. The molecule has 1 aromatic heterocycles. The fraction of sp³-hybridized carbons (Fsp3) is 0.263. The quantitative estimate of drug-likeness (QED) is 0.678. The third kappa shape index (κ3) is 3.17. The first-order valence-corrected chi connectivity index (χ1v) is 7.60. The summed E-state index contributed by atoms with van der Waals surface area (Å²) in [5.74, 6) is 0. The number of unbranched alkanes of at least 4 members (excludes halogenated alkanes) is 1. The van der Waals surface area contributed by atoms with Crippen LogP contribution in [-0.4, -0.2) is 16.3 Å². The number of aromatic nitrogens is 1. The van der Waals surface area contributed by atoms with E-state index in [0.29, 0.717) is 0 Å². The second kappa shape index (κ2) is 6.59. The second-order valence-electron chi connectivity index (χ2n) is 5.47. The molecule has 0 saturated carbocycles. The van der Waals surface area contributed by atoms with Crippen molar-refractivity contribution in [2.75, 3.05) is 6.61 Å². The molecule has 0 fully saturated rings. The lowest BCUT2D eigenvalue weighted by molar-refractivity contribution is 0.284. The molecule has 0 amide bonds. The van der Waals surface area contributed by atoms with Crippen LogP contribution in [-0.2, 0) is 13.0 Å². The topological polar surface area (TPSA) is 25.2 Å². The molecule has 2 heteroatoms. The number of rotatable bonds is 6. The van der Waals surface area contributed by atoms with E-state index in [4.69, 9.17) is 5.11 Å². The summed E-state index contributed by atoms with van der Waals surface area (Å²) in [5, 5.41) is 10.3. The third-order valence-corrected chi connectivity index (χ3v) is 3.92. The molecule has 3 aromatic rings. The van der Waals surface area contributed by atoms with E-state index in [1.54, 1.807) is 0 Å². The summed E-state index contributed by atoms with van der Waals surface area (Å²) in [7, 11) is 0. The minimum absolute atomic E-state index is 0.280. The molecule has 0 spiro atoms. The van der Waals surface area contributed by atoms with Crippen LogP contribution < -0.4 is 0 Å². The van der Waals surface area contributed by atoms with Crippen molar-refractivity contribution < 1.29 is 5.11 Å². The summed E-state index contributed by atoms with van der Waals surface area (Å²) in [6.45, 7) is 1.18. The number of nitrogens with zero attached hydrogens (tertiary/aromatic N) is 1. The van der Waals surface area contributed by atoms with Gasteiger partial charge in [-0.25, -0.2) is 0 Å². The first kappa shape index (κ1) is 13.9. The Hall–Kier alpha value is -2.06. The number of benzene rings is 2. The highest BCUT2D eigenvalue weighted by molar-refractivity contribution is 5.84. The Labute approximate surface area is 125 Å². The molecular formula is C19H21NO. The Morgan fingerprint density at radius 3 is 2.43 bits per heavy atom. The molecule has 0 aliphatic heterocycles. The van der Waals surface area contributed by atoms with Gasteiger partial charge < -0.3 is 9.67 Å². The predicted molar refractivity (Wildman–Crippen MR) is 87.5 cm³/mol. The van der Waals surface area contributed by atoms with Crippen LogP contribution in [0.4, 0.5) is 0 Å². The molecule has 0 bridgehead atoms. The lowest BCUT2D eigenvalue weighted by Gasteiger charge is -2.05. The number of aryl methyl sites for hydroxylation is 1. The zero-order valence-corrected chi connectivity index (χ0v) is 12.2. The van der Waals surface area contributed by atoms with E-state index in [-0.39, 0.29) is 6.61 Å². The molecule has 0 aliphatic carbocycles. The van der Waals surface area contributed by atoms with E-state index < -0.39 is 0 Å². The van der Waals surface area contributed by atoms with Crippen LogP contribution in [0.25, 0.3) is 10.9 Å². The van der Waals surface area contributed by atoms with Crippen LogP contribution in [0.3, 0.4) is 0 Å². The normalized spacial score (nSPS) is 11.1. The Kier molecular flexibility index (Phi) is 4.37. The molecule has 0 radical (unpaired) electrons. The smallest absolute Gasteiger partial charge is 0.0486 e. The largest absolute Gasteiger partial charge is 0.396 e. The summed E-state index contributed by atoms with van der Waals surface area (Å²) in [6.07, 6.45) is 5.21. The Morgan fingerprint density at radius 2 is 1.62 bits per heavy atom. The summed E-state index contributed by atoms with van der Waals surface area (Å²) in [5.41, 5.74) is 4.00. The Balaban J connectivity index is 1.91. The van der Waals surface area contributed by atoms with Gasteiger partial charge in [0.1, 0.15) is 0 Å². The van der Waals surface area contributed by atoms with Gasteiger partial charge in [0.25, 0.3) is 0 Å². The Morgan fingerprint density at radius 1 is 0.857 bits per heavy atom. The molecule has 0 saturated heterocycles. The van der Waals surface area contributed by atoms with Crippen molar-refractivity contribution in [2.24, 2.45) is 0 Å². The maximum absolute atomic E-state index is 8.95. The number of para-hydroxylation sites is 1. The van der Waals surface area contributed by atoms with Crippen molar-refractivity contribution in [3.8, 4) is 0 Å². The molecule has 0 unspecified atom stereocenters. The van der Waals surface area contributed by atoms with Gasteiger partial charge in [-0.1, -0.05) is 48.5 Å². The predicted octanol–water partition coefficient (Wildman–Crippen LogP) is 4.00. The van der Waals surface area contributed by atoms with E-state index in [9.17, 15) is 0 Å². The number of aliphatic hydroxyl groups excluding tert-OH is 1. The molecule has 108 valence electrons. The first-order valence-electron chi connectivity index (χ1n) is 7.60. The van der Waals surface area contributed by atoms with Gasteiger partial charge in [0.05, 0.1) is 0 Å². The van der Waals surface area contributed by atoms with Crippen molar-refractivity contribution in [1.29, 1.82) is 0 Å². The van der Waals surface area contributed by atoms with Crippen molar-refractivity contribution in [1.82, 2.24) is 4.57 Å². The van der Waals surface area contributed by atoms with Crippen LogP contribution in [0, 0.1) is 0 Å². The average Bonchev–Trinajstić information content (AvgIpc) is 2.87.